The zero-order chi connectivity index (χ0) is 19.5. The monoisotopic (exact) mass is 372 g/mol. The van der Waals surface area contributed by atoms with Crippen molar-refractivity contribution in [2.45, 2.75) is 19.5 Å². The zero-order valence-electron chi connectivity index (χ0n) is 16.2. The first-order valence-corrected chi connectivity index (χ1v) is 8.91. The van der Waals surface area contributed by atoms with Crippen LogP contribution in [-0.2, 0) is 17.9 Å². The van der Waals surface area contributed by atoms with Crippen LogP contribution >= 0.6 is 0 Å². The number of benzene rings is 1. The van der Waals surface area contributed by atoms with Gasteiger partial charge in [0.15, 0.2) is 5.96 Å². The van der Waals surface area contributed by atoms with Gasteiger partial charge < -0.3 is 20.3 Å². The first-order valence-electron chi connectivity index (χ1n) is 8.91. The Morgan fingerprint density at radius 2 is 2.04 bits per heavy atom. The molecule has 2 rings (SSSR count). The molecule has 1 heterocycles. The number of carbonyl (C=O) groups is 1. The maximum absolute atomic E-state index is 11.8. The maximum atomic E-state index is 11.8. The molecular formula is C19H28N6O2. The Morgan fingerprint density at radius 3 is 2.67 bits per heavy atom. The molecule has 0 saturated heterocycles. The minimum atomic E-state index is -0.00881. The molecule has 0 atom stereocenters. The summed E-state index contributed by atoms with van der Waals surface area (Å²) >= 11 is 0. The summed E-state index contributed by atoms with van der Waals surface area (Å²) in [6, 6.07) is 9.67. The number of ether oxygens (including phenoxy) is 1. The van der Waals surface area contributed by atoms with Crippen molar-refractivity contribution in [3.05, 3.63) is 48.3 Å². The van der Waals surface area contributed by atoms with Crippen LogP contribution < -0.4 is 15.4 Å². The molecule has 146 valence electrons. The average Bonchev–Trinajstić information content (AvgIpc) is 3.20. The van der Waals surface area contributed by atoms with Crippen molar-refractivity contribution in [3.8, 4) is 5.75 Å². The van der Waals surface area contributed by atoms with Crippen LogP contribution in [0.5, 0.6) is 5.75 Å². The number of rotatable bonds is 9. The number of nitrogens with zero attached hydrogens (tertiary/aromatic N) is 4. The number of hydrogen-bond acceptors (Lipinski definition) is 4. The fourth-order valence-electron chi connectivity index (χ4n) is 2.27. The number of nitrogens with one attached hydrogen (secondary N) is 2. The molecule has 0 aliphatic heterocycles. The number of methoxy groups -OCH3 is 1. The van der Waals surface area contributed by atoms with Crippen molar-refractivity contribution < 1.29 is 9.53 Å². The van der Waals surface area contributed by atoms with Crippen LogP contribution in [-0.4, -0.2) is 60.8 Å². The molecule has 27 heavy (non-hydrogen) atoms. The van der Waals surface area contributed by atoms with Gasteiger partial charge in [-0.15, -0.1) is 0 Å². The van der Waals surface area contributed by atoms with E-state index in [0.717, 1.165) is 30.8 Å². The van der Waals surface area contributed by atoms with Gasteiger partial charge in [0.25, 0.3) is 0 Å². The lowest BCUT2D eigenvalue weighted by Gasteiger charge is -2.15. The van der Waals surface area contributed by atoms with E-state index in [9.17, 15) is 4.79 Å². The van der Waals surface area contributed by atoms with Crippen molar-refractivity contribution in [2.75, 3.05) is 34.3 Å². The number of guanidine groups is 1. The highest BCUT2D eigenvalue weighted by molar-refractivity contribution is 5.86. The summed E-state index contributed by atoms with van der Waals surface area (Å²) in [7, 11) is 5.11. The largest absolute Gasteiger partial charge is 0.497 e. The predicted octanol–water partition coefficient (Wildman–Crippen LogP) is 1.11. The van der Waals surface area contributed by atoms with E-state index in [-0.39, 0.29) is 12.5 Å². The molecule has 1 aromatic carbocycles. The van der Waals surface area contributed by atoms with Gasteiger partial charge in [0.2, 0.25) is 5.91 Å². The molecule has 2 aromatic rings. The Balaban J connectivity index is 1.88. The third kappa shape index (κ3) is 7.39. The molecule has 1 aromatic heterocycles. The minimum absolute atomic E-state index is 0.00881. The highest BCUT2D eigenvalue weighted by Gasteiger charge is 2.06. The van der Waals surface area contributed by atoms with E-state index in [4.69, 9.17) is 4.74 Å². The second-order valence-electron chi connectivity index (χ2n) is 6.20. The number of carbonyl (C=O) groups excluding carboxylic acids is 1. The molecule has 0 aliphatic rings. The smallest absolute Gasteiger partial charge is 0.241 e. The fourth-order valence-corrected chi connectivity index (χ4v) is 2.27. The van der Waals surface area contributed by atoms with Crippen LogP contribution in [0, 0.1) is 0 Å². The van der Waals surface area contributed by atoms with Crippen LogP contribution in [0.15, 0.2) is 47.7 Å². The topological polar surface area (TPSA) is 83.8 Å². The standard InChI is InChI=1S/C19H28N6O2/c1-24(2)18(26)15-22-19(20-10-4-12-25-13-5-11-23-25)21-14-16-6-8-17(27-3)9-7-16/h5-9,11,13H,4,10,12,14-15H2,1-3H3,(H2,20,21,22). The normalized spacial score (nSPS) is 11.1. The summed E-state index contributed by atoms with van der Waals surface area (Å²) in [4.78, 5) is 18.0. The predicted molar refractivity (Wildman–Crippen MR) is 106 cm³/mol. The molecule has 0 bridgehead atoms. The van der Waals surface area contributed by atoms with Gasteiger partial charge in [-0.25, -0.2) is 4.99 Å². The van der Waals surface area contributed by atoms with E-state index in [1.165, 1.54) is 0 Å². The Bertz CT molecular complexity index is 710. The molecule has 2 N–H and O–H groups in total. The third-order valence-electron chi connectivity index (χ3n) is 3.90. The van der Waals surface area contributed by atoms with Gasteiger partial charge in [0, 0.05) is 39.6 Å². The number of aliphatic imine (C=N–C) groups is 1. The van der Waals surface area contributed by atoms with E-state index in [1.54, 1.807) is 32.3 Å². The van der Waals surface area contributed by atoms with E-state index >= 15 is 0 Å². The Labute approximate surface area is 160 Å². The number of likely N-dealkylation sites (N-methyl/N-ethyl adjacent to an activating group) is 1. The summed E-state index contributed by atoms with van der Waals surface area (Å²) in [6.07, 6.45) is 4.60. The molecule has 0 saturated carbocycles. The lowest BCUT2D eigenvalue weighted by Crippen LogP contribution is -2.43. The maximum Gasteiger partial charge on any atom is 0.241 e. The van der Waals surface area contributed by atoms with Crippen molar-refractivity contribution in [1.82, 2.24) is 25.3 Å². The summed E-state index contributed by atoms with van der Waals surface area (Å²) < 4.78 is 7.06. The van der Waals surface area contributed by atoms with Gasteiger partial charge in [-0.2, -0.15) is 5.10 Å². The van der Waals surface area contributed by atoms with Gasteiger partial charge >= 0.3 is 0 Å². The van der Waals surface area contributed by atoms with Gasteiger partial charge in [0.05, 0.1) is 20.2 Å². The van der Waals surface area contributed by atoms with E-state index in [0.29, 0.717) is 12.5 Å². The molecule has 8 nitrogen and oxygen atoms in total. The second-order valence-corrected chi connectivity index (χ2v) is 6.20. The molecule has 0 aliphatic carbocycles. The summed E-state index contributed by atoms with van der Waals surface area (Å²) in [5.74, 6) is 1.42. The fraction of sp³-hybridized carbons (Fsp3) is 0.421. The lowest BCUT2D eigenvalue weighted by molar-refractivity contribution is -0.127. The van der Waals surface area contributed by atoms with Crippen LogP contribution in [0.25, 0.3) is 0 Å². The van der Waals surface area contributed by atoms with Crippen molar-refractivity contribution >= 4 is 11.9 Å². The second kappa shape index (κ2) is 10.8. The van der Waals surface area contributed by atoms with Crippen LogP contribution in [0.2, 0.25) is 0 Å². The van der Waals surface area contributed by atoms with E-state index < -0.39 is 0 Å². The minimum Gasteiger partial charge on any atom is -0.497 e. The molecular weight excluding hydrogens is 344 g/mol. The van der Waals surface area contributed by atoms with E-state index in [2.05, 4.69) is 20.7 Å². The lowest BCUT2D eigenvalue weighted by atomic mass is 10.2. The average molecular weight is 372 g/mol. The van der Waals surface area contributed by atoms with Gasteiger partial charge in [-0.05, 0) is 30.2 Å². The number of hydrogen-bond donors (Lipinski definition) is 2. The molecule has 1 amide bonds. The summed E-state index contributed by atoms with van der Waals surface area (Å²) in [6.45, 7) is 2.25. The highest BCUT2D eigenvalue weighted by Crippen LogP contribution is 2.11. The molecule has 0 spiro atoms. The molecule has 0 unspecified atom stereocenters. The van der Waals surface area contributed by atoms with Crippen LogP contribution in [0.1, 0.15) is 12.0 Å². The van der Waals surface area contributed by atoms with Crippen LogP contribution in [0.4, 0.5) is 0 Å². The first kappa shape index (κ1) is 20.3. The SMILES string of the molecule is COc1ccc(CN=C(NCCCn2cccn2)NCC(=O)N(C)C)cc1. The number of amides is 1. The third-order valence-corrected chi connectivity index (χ3v) is 3.90. The quantitative estimate of drug-likeness (QED) is 0.391. The van der Waals surface area contributed by atoms with Crippen molar-refractivity contribution in [1.29, 1.82) is 0 Å². The Morgan fingerprint density at radius 1 is 1.26 bits per heavy atom. The number of aryl methyl sites for hydroxylation is 1. The van der Waals surface area contributed by atoms with Gasteiger partial charge in [-0.1, -0.05) is 12.1 Å². The van der Waals surface area contributed by atoms with Gasteiger partial charge in [0.1, 0.15) is 5.75 Å². The number of aromatic nitrogens is 2. The highest BCUT2D eigenvalue weighted by atomic mass is 16.5. The summed E-state index contributed by atoms with van der Waals surface area (Å²) in [5.41, 5.74) is 1.06. The van der Waals surface area contributed by atoms with Crippen molar-refractivity contribution in [2.24, 2.45) is 4.99 Å². The summed E-state index contributed by atoms with van der Waals surface area (Å²) in [5, 5.41) is 10.5. The van der Waals surface area contributed by atoms with E-state index in [1.807, 2.05) is 41.2 Å². The molecule has 8 heteroatoms. The van der Waals surface area contributed by atoms with Gasteiger partial charge in [-0.3, -0.25) is 9.48 Å². The van der Waals surface area contributed by atoms with Crippen molar-refractivity contribution in [3.63, 3.8) is 0 Å². The molecule has 0 radical (unpaired) electrons. The Hall–Kier alpha value is -3.03. The Kier molecular flexibility index (Phi) is 8.15. The molecule has 0 fully saturated rings. The zero-order valence-corrected chi connectivity index (χ0v) is 16.2. The first-order chi connectivity index (χ1) is 13.1. The van der Waals surface area contributed by atoms with Crippen LogP contribution in [0.3, 0.4) is 0 Å².